The van der Waals surface area contributed by atoms with E-state index in [1.807, 2.05) is 0 Å². The van der Waals surface area contributed by atoms with E-state index >= 15 is 0 Å². The summed E-state index contributed by atoms with van der Waals surface area (Å²) in [6.07, 6.45) is 3.31. The number of carboxylic acid groups (broad SMARTS) is 1. The van der Waals surface area contributed by atoms with Crippen LogP contribution in [0.1, 0.15) is 31.3 Å². The summed E-state index contributed by atoms with van der Waals surface area (Å²) < 4.78 is 5.79. The number of imidazole rings is 1. The lowest BCUT2D eigenvalue weighted by Gasteiger charge is -2.29. The van der Waals surface area contributed by atoms with E-state index in [0.29, 0.717) is 17.1 Å². The minimum atomic E-state index is -0.250. The van der Waals surface area contributed by atoms with Crippen LogP contribution in [0.25, 0.3) is 0 Å². The second-order valence-corrected chi connectivity index (χ2v) is 7.21. The lowest BCUT2D eigenvalue weighted by molar-refractivity contribution is -0.122. The highest BCUT2D eigenvalue weighted by atomic mass is 35.5. The van der Waals surface area contributed by atoms with E-state index in [9.17, 15) is 0 Å². The number of rotatable bonds is 5. The van der Waals surface area contributed by atoms with E-state index in [2.05, 4.69) is 33.7 Å². The molecule has 0 saturated carbocycles. The standard InChI is InChI=1S/C16H27ClN4O.CH2O2/c1-3-4-5-15-18-14(16(17)19-15)9-21-7-12-6-20(2)13(8-21)11-22-10-12;2-1-3/h12-13H,3-11H2,1-2H3,(H,18,19);1H,(H,2,3)/t12-,13+;/m1./s1. The van der Waals surface area contributed by atoms with Gasteiger partial charge in [-0.3, -0.25) is 14.6 Å². The van der Waals surface area contributed by atoms with Gasteiger partial charge in [0.2, 0.25) is 0 Å². The summed E-state index contributed by atoms with van der Waals surface area (Å²) in [6.45, 7) is 7.74. The lowest BCUT2D eigenvalue weighted by Crippen LogP contribution is -2.42. The Hall–Kier alpha value is -1.15. The molecule has 1 aromatic rings. The number of fused-ring (bicyclic) bond motifs is 3. The van der Waals surface area contributed by atoms with Crippen LogP contribution >= 0.6 is 11.6 Å². The molecule has 2 N–H and O–H groups in total. The zero-order chi connectivity index (χ0) is 18.2. The molecule has 2 fully saturated rings. The van der Waals surface area contributed by atoms with Crippen LogP contribution in [0.5, 0.6) is 0 Å². The number of carbonyl (C=O) groups is 1. The quantitative estimate of drug-likeness (QED) is 0.768. The number of aromatic nitrogens is 2. The van der Waals surface area contributed by atoms with Crippen LogP contribution in [-0.2, 0) is 22.5 Å². The molecule has 0 unspecified atom stereocenters. The van der Waals surface area contributed by atoms with Gasteiger partial charge in [-0.2, -0.15) is 0 Å². The average molecular weight is 373 g/mol. The van der Waals surface area contributed by atoms with Gasteiger partial charge in [0, 0.05) is 44.6 Å². The van der Waals surface area contributed by atoms with Gasteiger partial charge in [-0.15, -0.1) is 0 Å². The average Bonchev–Trinajstić information content (AvgIpc) is 2.70. The highest BCUT2D eigenvalue weighted by molar-refractivity contribution is 6.30. The lowest BCUT2D eigenvalue weighted by atomic mass is 10.1. The summed E-state index contributed by atoms with van der Waals surface area (Å²) in [7, 11) is 2.21. The summed E-state index contributed by atoms with van der Waals surface area (Å²) in [4.78, 5) is 21.2. The molecule has 3 rings (SSSR count). The molecule has 25 heavy (non-hydrogen) atoms. The van der Waals surface area contributed by atoms with Crippen molar-refractivity contribution in [2.24, 2.45) is 5.92 Å². The Bertz CT molecular complexity index is 540. The fourth-order valence-corrected chi connectivity index (χ4v) is 3.72. The van der Waals surface area contributed by atoms with Crippen LogP contribution in [0.2, 0.25) is 5.15 Å². The van der Waals surface area contributed by atoms with Crippen molar-refractivity contribution in [3.8, 4) is 0 Å². The fraction of sp³-hybridized carbons (Fsp3) is 0.765. The molecule has 7 nitrogen and oxygen atoms in total. The number of nitrogens with zero attached hydrogens (tertiary/aromatic N) is 3. The minimum absolute atomic E-state index is 0.250. The number of nitrogens with one attached hydrogen (secondary N) is 1. The second kappa shape index (κ2) is 10.1. The van der Waals surface area contributed by atoms with Gasteiger partial charge in [0.05, 0.1) is 18.9 Å². The van der Waals surface area contributed by atoms with Crippen LogP contribution < -0.4 is 0 Å². The molecule has 0 radical (unpaired) electrons. The molecular weight excluding hydrogens is 344 g/mol. The first-order valence-electron chi connectivity index (χ1n) is 8.88. The largest absolute Gasteiger partial charge is 0.483 e. The number of aryl methyl sites for hydroxylation is 1. The van der Waals surface area contributed by atoms with Gasteiger partial charge in [0.25, 0.3) is 6.47 Å². The minimum Gasteiger partial charge on any atom is -0.483 e. The number of aromatic amines is 1. The topological polar surface area (TPSA) is 81.7 Å². The van der Waals surface area contributed by atoms with Crippen LogP contribution in [0.15, 0.2) is 0 Å². The van der Waals surface area contributed by atoms with Gasteiger partial charge in [-0.05, 0) is 13.5 Å². The van der Waals surface area contributed by atoms with Gasteiger partial charge in [0.1, 0.15) is 5.82 Å². The number of unbranched alkanes of at least 4 members (excludes halogenated alkanes) is 1. The van der Waals surface area contributed by atoms with Crippen molar-refractivity contribution < 1.29 is 14.6 Å². The molecule has 0 amide bonds. The number of halogens is 1. The van der Waals surface area contributed by atoms with E-state index in [0.717, 1.165) is 63.8 Å². The number of likely N-dealkylation sites (N-methyl/N-ethyl adjacent to an activating group) is 1. The fourth-order valence-electron chi connectivity index (χ4n) is 3.51. The van der Waals surface area contributed by atoms with Crippen molar-refractivity contribution >= 4 is 18.1 Å². The predicted molar refractivity (Wildman–Crippen MR) is 96.9 cm³/mol. The monoisotopic (exact) mass is 372 g/mol. The van der Waals surface area contributed by atoms with Crippen molar-refractivity contribution in [2.75, 3.05) is 39.9 Å². The van der Waals surface area contributed by atoms with Crippen molar-refractivity contribution in [2.45, 2.75) is 38.8 Å². The highest BCUT2D eigenvalue weighted by Gasteiger charge is 2.31. The molecule has 3 heterocycles. The molecule has 0 spiro atoms. The van der Waals surface area contributed by atoms with E-state index in [4.69, 9.17) is 26.2 Å². The molecule has 2 aliphatic rings. The van der Waals surface area contributed by atoms with Crippen LogP contribution in [0.3, 0.4) is 0 Å². The maximum Gasteiger partial charge on any atom is 0.290 e. The van der Waals surface area contributed by atoms with Crippen LogP contribution in [0.4, 0.5) is 0 Å². The Morgan fingerprint density at radius 1 is 1.40 bits per heavy atom. The van der Waals surface area contributed by atoms with E-state index in [1.54, 1.807) is 0 Å². The maximum absolute atomic E-state index is 8.36. The highest BCUT2D eigenvalue weighted by Crippen LogP contribution is 2.22. The summed E-state index contributed by atoms with van der Waals surface area (Å²) in [5.41, 5.74) is 1.07. The third-order valence-corrected chi connectivity index (χ3v) is 5.06. The molecule has 2 saturated heterocycles. The Morgan fingerprint density at radius 2 is 2.16 bits per heavy atom. The normalized spacial score (nSPS) is 24.3. The van der Waals surface area contributed by atoms with Crippen molar-refractivity contribution in [3.63, 3.8) is 0 Å². The molecule has 0 aromatic carbocycles. The molecule has 8 heteroatoms. The molecule has 0 aliphatic carbocycles. The van der Waals surface area contributed by atoms with E-state index in [1.165, 1.54) is 6.42 Å². The molecule has 2 atom stereocenters. The third kappa shape index (κ3) is 5.95. The summed E-state index contributed by atoms with van der Waals surface area (Å²) in [5, 5.41) is 7.53. The van der Waals surface area contributed by atoms with E-state index in [-0.39, 0.29) is 6.47 Å². The maximum atomic E-state index is 8.36. The Morgan fingerprint density at radius 3 is 2.88 bits per heavy atom. The Labute approximate surface area is 154 Å². The van der Waals surface area contributed by atoms with Crippen molar-refractivity contribution in [3.05, 3.63) is 16.7 Å². The SMILES string of the molecule is CCCCc1nc(Cl)c(CN2C[C@@H]3COC[C@H](C2)N(C)C3)[nH]1.O=CO. The van der Waals surface area contributed by atoms with Gasteiger partial charge in [-0.1, -0.05) is 24.9 Å². The van der Waals surface area contributed by atoms with Gasteiger partial charge < -0.3 is 14.8 Å². The molecule has 2 aliphatic heterocycles. The molecule has 2 bridgehead atoms. The molecule has 1 aromatic heterocycles. The molecular formula is C17H29ClN4O3. The van der Waals surface area contributed by atoms with Crippen LogP contribution in [0, 0.1) is 5.92 Å². The zero-order valence-electron chi connectivity index (χ0n) is 15.1. The zero-order valence-corrected chi connectivity index (χ0v) is 15.8. The van der Waals surface area contributed by atoms with Gasteiger partial charge in [0.15, 0.2) is 5.15 Å². The third-order valence-electron chi connectivity index (χ3n) is 4.74. The summed E-state index contributed by atoms with van der Waals surface area (Å²) in [5.74, 6) is 1.61. The number of ether oxygens (including phenoxy) is 1. The Balaban J connectivity index is 0.000000701. The van der Waals surface area contributed by atoms with Gasteiger partial charge >= 0.3 is 0 Å². The Kier molecular flexibility index (Phi) is 8.15. The summed E-state index contributed by atoms with van der Waals surface area (Å²) >= 11 is 6.33. The van der Waals surface area contributed by atoms with Crippen molar-refractivity contribution in [1.82, 2.24) is 19.8 Å². The van der Waals surface area contributed by atoms with Crippen LogP contribution in [-0.4, -0.2) is 77.3 Å². The summed E-state index contributed by atoms with van der Waals surface area (Å²) in [6, 6.07) is 0.480. The first-order chi connectivity index (χ1) is 12.1. The smallest absolute Gasteiger partial charge is 0.290 e. The first-order valence-corrected chi connectivity index (χ1v) is 9.26. The first kappa shape index (κ1) is 20.2. The number of H-pyrrole nitrogens is 1. The number of hydrogen-bond donors (Lipinski definition) is 2. The van der Waals surface area contributed by atoms with Gasteiger partial charge in [-0.25, -0.2) is 4.98 Å². The van der Waals surface area contributed by atoms with E-state index < -0.39 is 0 Å². The second-order valence-electron chi connectivity index (χ2n) is 6.85. The predicted octanol–water partition coefficient (Wildman–Crippen LogP) is 1.87. The number of hydrogen-bond acceptors (Lipinski definition) is 5. The van der Waals surface area contributed by atoms with Crippen molar-refractivity contribution in [1.29, 1.82) is 0 Å². The molecule has 142 valence electrons.